The van der Waals surface area contributed by atoms with Gasteiger partial charge in [0.1, 0.15) is 5.82 Å². The first-order valence-corrected chi connectivity index (χ1v) is 7.03. The number of nitrogens with two attached hydrogens (primary N) is 1. The van der Waals surface area contributed by atoms with Gasteiger partial charge in [-0.2, -0.15) is 5.10 Å². The van der Waals surface area contributed by atoms with Crippen molar-refractivity contribution in [1.29, 1.82) is 0 Å². The Hall–Kier alpha value is -2.41. The minimum atomic E-state index is -0.457. The van der Waals surface area contributed by atoms with Crippen LogP contribution in [0.2, 0.25) is 0 Å². The van der Waals surface area contributed by atoms with Crippen LogP contribution in [0.1, 0.15) is 22.3 Å². The van der Waals surface area contributed by atoms with Gasteiger partial charge in [-0.15, -0.1) is 0 Å². The Labute approximate surface area is 127 Å². The number of hydrogen-bond acceptors (Lipinski definition) is 4. The fraction of sp³-hybridized carbons (Fsp3) is 0.333. The van der Waals surface area contributed by atoms with Crippen LogP contribution in [0.4, 0.5) is 10.1 Å². The van der Waals surface area contributed by atoms with Crippen LogP contribution in [-0.4, -0.2) is 39.3 Å². The van der Waals surface area contributed by atoms with E-state index in [1.165, 1.54) is 11.0 Å². The number of halogens is 1. The molecule has 1 amide bonds. The van der Waals surface area contributed by atoms with Crippen LogP contribution in [0.15, 0.2) is 18.5 Å². The fourth-order valence-electron chi connectivity index (χ4n) is 2.79. The van der Waals surface area contributed by atoms with E-state index >= 15 is 0 Å². The number of benzene rings is 1. The van der Waals surface area contributed by atoms with Crippen molar-refractivity contribution in [2.45, 2.75) is 19.5 Å². The van der Waals surface area contributed by atoms with Crippen molar-refractivity contribution < 1.29 is 14.3 Å². The fourth-order valence-corrected chi connectivity index (χ4v) is 2.79. The van der Waals surface area contributed by atoms with Crippen molar-refractivity contribution in [2.75, 3.05) is 19.4 Å². The van der Waals surface area contributed by atoms with Gasteiger partial charge in [-0.25, -0.2) is 4.39 Å². The molecule has 6 nitrogen and oxygen atoms in total. The predicted molar refractivity (Wildman–Crippen MR) is 79.5 cm³/mol. The quantitative estimate of drug-likeness (QED) is 0.832. The predicted octanol–water partition coefficient (Wildman–Crippen LogP) is 1.24. The van der Waals surface area contributed by atoms with E-state index in [9.17, 15) is 9.18 Å². The number of hydrogen-bond donors (Lipinski definition) is 2. The van der Waals surface area contributed by atoms with Crippen LogP contribution in [0.3, 0.4) is 0 Å². The van der Waals surface area contributed by atoms with Gasteiger partial charge < -0.3 is 15.7 Å². The summed E-state index contributed by atoms with van der Waals surface area (Å²) in [6, 6.07) is 1.19. The first-order chi connectivity index (χ1) is 10.5. The molecule has 1 aromatic carbocycles. The second-order valence-electron chi connectivity index (χ2n) is 5.41. The van der Waals surface area contributed by atoms with Crippen LogP contribution in [-0.2, 0) is 13.1 Å². The summed E-state index contributed by atoms with van der Waals surface area (Å²) in [6.07, 6.45) is 3.85. The SMILES string of the molecule is CN1Cc2c(c(N)cc(F)c2-c2cnn(CCCO)c2)C1=O. The third kappa shape index (κ3) is 2.23. The largest absolute Gasteiger partial charge is 0.398 e. The van der Waals surface area contributed by atoms with Gasteiger partial charge in [-0.3, -0.25) is 9.48 Å². The minimum absolute atomic E-state index is 0.0696. The lowest BCUT2D eigenvalue weighted by Gasteiger charge is -2.09. The molecule has 3 rings (SSSR count). The van der Waals surface area contributed by atoms with Crippen molar-refractivity contribution in [3.63, 3.8) is 0 Å². The lowest BCUT2D eigenvalue weighted by Crippen LogP contribution is -2.18. The summed E-state index contributed by atoms with van der Waals surface area (Å²) in [5.74, 6) is -0.650. The first kappa shape index (κ1) is 14.5. The smallest absolute Gasteiger partial charge is 0.256 e. The summed E-state index contributed by atoms with van der Waals surface area (Å²) in [6.45, 7) is 0.946. The summed E-state index contributed by atoms with van der Waals surface area (Å²) in [5.41, 5.74) is 7.93. The van der Waals surface area contributed by atoms with E-state index in [2.05, 4.69) is 5.10 Å². The molecule has 22 heavy (non-hydrogen) atoms. The van der Waals surface area contributed by atoms with Gasteiger partial charge in [0.25, 0.3) is 5.91 Å². The summed E-state index contributed by atoms with van der Waals surface area (Å²) >= 11 is 0. The standard InChI is InChI=1S/C15H17FN4O2/c1-19-8-10-13(9-6-18-20(7-9)3-2-4-21)11(16)5-12(17)14(10)15(19)22/h5-7,21H,2-4,8,17H2,1H3. The van der Waals surface area contributed by atoms with Gasteiger partial charge >= 0.3 is 0 Å². The van der Waals surface area contributed by atoms with E-state index in [0.717, 1.165) is 0 Å². The lowest BCUT2D eigenvalue weighted by molar-refractivity contribution is 0.0817. The number of aliphatic hydroxyl groups excluding tert-OH is 1. The maximum absolute atomic E-state index is 14.4. The highest BCUT2D eigenvalue weighted by Gasteiger charge is 2.31. The van der Waals surface area contributed by atoms with Crippen molar-refractivity contribution in [3.05, 3.63) is 35.4 Å². The number of fused-ring (bicyclic) bond motifs is 1. The molecular formula is C15H17FN4O2. The molecule has 0 fully saturated rings. The third-order valence-corrected chi connectivity index (χ3v) is 3.84. The Kier molecular flexibility index (Phi) is 3.58. The highest BCUT2D eigenvalue weighted by atomic mass is 19.1. The van der Waals surface area contributed by atoms with E-state index in [1.807, 2.05) is 0 Å². The van der Waals surface area contributed by atoms with E-state index in [4.69, 9.17) is 10.8 Å². The maximum Gasteiger partial charge on any atom is 0.256 e. The molecule has 0 aliphatic carbocycles. The number of carbonyl (C=O) groups is 1. The van der Waals surface area contributed by atoms with Gasteiger partial charge in [0.2, 0.25) is 0 Å². The average Bonchev–Trinajstić information content (AvgIpc) is 3.03. The molecule has 0 bridgehead atoms. The molecule has 1 aliphatic rings. The minimum Gasteiger partial charge on any atom is -0.398 e. The second-order valence-corrected chi connectivity index (χ2v) is 5.41. The van der Waals surface area contributed by atoms with Gasteiger partial charge in [0.15, 0.2) is 0 Å². The number of rotatable bonds is 4. The molecular weight excluding hydrogens is 287 g/mol. The molecule has 0 spiro atoms. The van der Waals surface area contributed by atoms with Gasteiger partial charge in [-0.05, 0) is 18.1 Å². The second kappa shape index (κ2) is 5.42. The van der Waals surface area contributed by atoms with Gasteiger partial charge in [-0.1, -0.05) is 0 Å². The molecule has 0 atom stereocenters. The summed E-state index contributed by atoms with van der Waals surface area (Å²) < 4.78 is 16.1. The first-order valence-electron chi connectivity index (χ1n) is 7.03. The highest BCUT2D eigenvalue weighted by Crippen LogP contribution is 2.37. The summed E-state index contributed by atoms with van der Waals surface area (Å²) in [7, 11) is 1.66. The maximum atomic E-state index is 14.4. The summed E-state index contributed by atoms with van der Waals surface area (Å²) in [5, 5.41) is 13.0. The molecule has 1 aromatic heterocycles. The number of amides is 1. The van der Waals surface area contributed by atoms with Crippen molar-refractivity contribution in [2.24, 2.45) is 0 Å². The molecule has 2 aromatic rings. The molecule has 7 heteroatoms. The average molecular weight is 304 g/mol. The zero-order valence-corrected chi connectivity index (χ0v) is 12.2. The van der Waals surface area contributed by atoms with Crippen molar-refractivity contribution >= 4 is 11.6 Å². The topological polar surface area (TPSA) is 84.4 Å². The Morgan fingerprint density at radius 2 is 2.23 bits per heavy atom. The third-order valence-electron chi connectivity index (χ3n) is 3.84. The number of nitrogens with zero attached hydrogens (tertiary/aromatic N) is 3. The van der Waals surface area contributed by atoms with Crippen molar-refractivity contribution in [3.8, 4) is 11.1 Å². The Balaban J connectivity index is 2.08. The number of carbonyl (C=O) groups excluding carboxylic acids is 1. The van der Waals surface area contributed by atoms with Crippen LogP contribution in [0, 0.1) is 5.82 Å². The van der Waals surface area contributed by atoms with Gasteiger partial charge in [0, 0.05) is 49.8 Å². The molecule has 0 unspecified atom stereocenters. The number of nitrogen functional groups attached to an aromatic ring is 1. The van der Waals surface area contributed by atoms with Crippen molar-refractivity contribution in [1.82, 2.24) is 14.7 Å². The normalized spacial score (nSPS) is 13.8. The lowest BCUT2D eigenvalue weighted by atomic mass is 9.97. The molecule has 2 heterocycles. The number of aryl methyl sites for hydroxylation is 1. The number of aliphatic hydroxyl groups is 1. The van der Waals surface area contributed by atoms with Crippen LogP contribution >= 0.6 is 0 Å². The van der Waals surface area contributed by atoms with Gasteiger partial charge in [0.05, 0.1) is 11.8 Å². The number of aromatic nitrogens is 2. The van der Waals surface area contributed by atoms with Crippen LogP contribution < -0.4 is 5.73 Å². The van der Waals surface area contributed by atoms with E-state index in [-0.39, 0.29) is 18.2 Å². The molecule has 1 aliphatic heterocycles. The monoisotopic (exact) mass is 304 g/mol. The van der Waals surface area contributed by atoms with E-state index in [0.29, 0.717) is 41.8 Å². The zero-order valence-electron chi connectivity index (χ0n) is 12.2. The molecule has 3 N–H and O–H groups in total. The molecule has 0 radical (unpaired) electrons. The number of anilines is 1. The Morgan fingerprint density at radius 1 is 1.45 bits per heavy atom. The Morgan fingerprint density at radius 3 is 2.95 bits per heavy atom. The Bertz CT molecular complexity index is 741. The summed E-state index contributed by atoms with van der Waals surface area (Å²) in [4.78, 5) is 13.6. The van der Waals surface area contributed by atoms with Crippen LogP contribution in [0.5, 0.6) is 0 Å². The van der Waals surface area contributed by atoms with E-state index in [1.54, 1.807) is 24.1 Å². The molecule has 0 saturated heterocycles. The molecule has 116 valence electrons. The zero-order chi connectivity index (χ0) is 15.9. The van der Waals surface area contributed by atoms with Crippen LogP contribution in [0.25, 0.3) is 11.1 Å². The highest BCUT2D eigenvalue weighted by molar-refractivity contribution is 6.05. The molecule has 0 saturated carbocycles. The van der Waals surface area contributed by atoms with E-state index < -0.39 is 5.82 Å².